The van der Waals surface area contributed by atoms with Crippen molar-refractivity contribution in [2.75, 3.05) is 6.61 Å². The van der Waals surface area contributed by atoms with Crippen LogP contribution >= 0.6 is 0 Å². The van der Waals surface area contributed by atoms with E-state index in [9.17, 15) is 4.79 Å². The van der Waals surface area contributed by atoms with Gasteiger partial charge in [0.1, 0.15) is 0 Å². The summed E-state index contributed by atoms with van der Waals surface area (Å²) in [7, 11) is -9.35. The highest BCUT2D eigenvalue weighted by Crippen LogP contribution is 2.32. The lowest BCUT2D eigenvalue weighted by Gasteiger charge is -2.47. The van der Waals surface area contributed by atoms with Crippen molar-refractivity contribution in [1.82, 2.24) is 0 Å². The van der Waals surface area contributed by atoms with Gasteiger partial charge in [0.15, 0.2) is 0 Å². The summed E-state index contributed by atoms with van der Waals surface area (Å²) in [4.78, 5) is 11.1. The number of carbonyl (C=O) groups is 1. The zero-order valence-corrected chi connectivity index (χ0v) is 19.4. The second-order valence-electron chi connectivity index (χ2n) is 7.22. The van der Waals surface area contributed by atoms with Crippen molar-refractivity contribution in [2.45, 2.75) is 58.3 Å². The van der Waals surface area contributed by atoms with Gasteiger partial charge in [-0.3, -0.25) is 0 Å². The molecule has 0 atom stereocenters. The van der Waals surface area contributed by atoms with Crippen LogP contribution in [-0.2, 0) is 26.0 Å². The van der Waals surface area contributed by atoms with E-state index in [-0.39, 0.29) is 0 Å². The van der Waals surface area contributed by atoms with Crippen molar-refractivity contribution in [1.29, 1.82) is 0 Å². The molecule has 0 aromatic rings. The number of ether oxygens (including phenoxy) is 1. The second-order valence-corrected chi connectivity index (χ2v) is 21.6. The van der Waals surface area contributed by atoms with Crippen LogP contribution in [-0.4, -0.2) is 46.8 Å². The van der Waals surface area contributed by atoms with Crippen LogP contribution in [0.3, 0.4) is 0 Å². The Morgan fingerprint density at radius 2 is 1.35 bits per heavy atom. The minimum Gasteiger partial charge on any atom is -0.463 e. The molecule has 1 aliphatic rings. The average Bonchev–Trinajstić information content (AvgIpc) is 2.27. The van der Waals surface area contributed by atoms with E-state index >= 15 is 0 Å². The van der Waals surface area contributed by atoms with Gasteiger partial charge in [0, 0.05) is 6.08 Å². The molecule has 1 saturated heterocycles. The Morgan fingerprint density at radius 3 is 1.78 bits per heavy atom. The van der Waals surface area contributed by atoms with Crippen LogP contribution in [0.15, 0.2) is 12.7 Å². The van der Waals surface area contributed by atoms with Crippen molar-refractivity contribution in [3.8, 4) is 0 Å². The van der Waals surface area contributed by atoms with Gasteiger partial charge >= 0.3 is 40.2 Å². The maximum Gasteiger partial charge on any atom is 0.330 e. The third kappa shape index (κ3) is 7.56. The van der Waals surface area contributed by atoms with Crippen LogP contribution in [0.25, 0.3) is 0 Å². The molecule has 0 aromatic carbocycles. The molecule has 0 amide bonds. The fraction of sp³-hybridized carbons (Fsp3) is 0.769. The number of esters is 1. The Labute approximate surface area is 144 Å². The molecule has 0 radical (unpaired) electrons. The molecule has 0 bridgehead atoms. The first-order valence-electron chi connectivity index (χ1n) is 7.88. The third-order valence-electron chi connectivity index (χ3n) is 3.09. The van der Waals surface area contributed by atoms with Crippen LogP contribution in [0.5, 0.6) is 0 Å². The van der Waals surface area contributed by atoms with E-state index < -0.39 is 40.2 Å². The fourth-order valence-electron chi connectivity index (χ4n) is 3.03. The lowest BCUT2D eigenvalue weighted by atomic mass is 10.5. The molecule has 1 aliphatic heterocycles. The minimum atomic E-state index is -2.46. The monoisotopic (exact) mass is 394 g/mol. The molecule has 0 spiro atoms. The van der Waals surface area contributed by atoms with E-state index in [0.29, 0.717) is 13.0 Å². The van der Waals surface area contributed by atoms with E-state index in [1.165, 1.54) is 6.08 Å². The quantitative estimate of drug-likeness (QED) is 0.308. The van der Waals surface area contributed by atoms with Gasteiger partial charge < -0.3 is 21.2 Å². The highest BCUT2D eigenvalue weighted by Gasteiger charge is 2.52. The molecule has 0 aliphatic carbocycles. The second kappa shape index (κ2) is 7.43. The van der Waals surface area contributed by atoms with Crippen molar-refractivity contribution >= 4 is 40.2 Å². The Bertz CT molecular complexity index is 430. The largest absolute Gasteiger partial charge is 0.463 e. The van der Waals surface area contributed by atoms with Crippen LogP contribution < -0.4 is 0 Å². The zero-order valence-electron chi connectivity index (χ0n) is 15.4. The summed E-state index contributed by atoms with van der Waals surface area (Å²) in [6, 6.07) is 0.735. The zero-order chi connectivity index (χ0) is 17.9. The Kier molecular flexibility index (Phi) is 6.77. The van der Waals surface area contributed by atoms with Crippen LogP contribution in [0.1, 0.15) is 6.42 Å². The average molecular weight is 395 g/mol. The number of rotatable bonds is 5. The van der Waals surface area contributed by atoms with Gasteiger partial charge in [-0.2, -0.15) is 0 Å². The molecule has 1 heterocycles. The van der Waals surface area contributed by atoms with Crippen molar-refractivity contribution in [3.63, 3.8) is 0 Å². The standard InChI is InChI=1S/C13H30O6Si4/c1-9-13(14)15-11-10-12-23(8)18-21(4,5)16-20(2,3)17-22(6,7)19-23/h9H,1,10-12H2,2-8H3. The fourth-order valence-corrected chi connectivity index (χ4v) is 24.6. The summed E-state index contributed by atoms with van der Waals surface area (Å²) in [6.07, 6.45) is 1.86. The lowest BCUT2D eigenvalue weighted by Crippen LogP contribution is -2.65. The molecule has 134 valence electrons. The number of hydrogen-bond acceptors (Lipinski definition) is 6. The summed E-state index contributed by atoms with van der Waals surface area (Å²) in [5.74, 6) is -0.403. The molecule has 23 heavy (non-hydrogen) atoms. The Balaban J connectivity index is 2.78. The summed E-state index contributed by atoms with van der Waals surface area (Å²) < 4.78 is 30.5. The van der Waals surface area contributed by atoms with E-state index in [1.807, 2.05) is 39.3 Å². The van der Waals surface area contributed by atoms with Gasteiger partial charge in [0.05, 0.1) is 6.61 Å². The topological polar surface area (TPSA) is 63.2 Å². The molecule has 1 rings (SSSR count). The Morgan fingerprint density at radius 1 is 0.913 bits per heavy atom. The van der Waals surface area contributed by atoms with Gasteiger partial charge in [-0.05, 0) is 58.3 Å². The first-order chi connectivity index (χ1) is 10.3. The molecule has 6 nitrogen and oxygen atoms in total. The molecule has 0 unspecified atom stereocenters. The number of carbonyl (C=O) groups excluding carboxylic acids is 1. The predicted molar refractivity (Wildman–Crippen MR) is 99.0 cm³/mol. The third-order valence-corrected chi connectivity index (χ3v) is 19.6. The maximum absolute atomic E-state index is 11.1. The molecule has 10 heteroatoms. The maximum atomic E-state index is 11.1. The molecular weight excluding hydrogens is 364 g/mol. The van der Waals surface area contributed by atoms with E-state index in [0.717, 1.165) is 6.04 Å². The van der Waals surface area contributed by atoms with Crippen molar-refractivity contribution in [2.24, 2.45) is 0 Å². The first kappa shape index (κ1) is 21.0. The predicted octanol–water partition coefficient (Wildman–Crippen LogP) is 3.36. The van der Waals surface area contributed by atoms with Crippen LogP contribution in [0, 0.1) is 0 Å². The van der Waals surface area contributed by atoms with Crippen LogP contribution in [0.4, 0.5) is 0 Å². The van der Waals surface area contributed by atoms with Crippen molar-refractivity contribution < 1.29 is 26.0 Å². The highest BCUT2D eigenvalue weighted by atomic mass is 28.5. The summed E-state index contributed by atoms with van der Waals surface area (Å²) in [5.41, 5.74) is 0. The molecule has 0 N–H and O–H groups in total. The molecule has 1 fully saturated rings. The smallest absolute Gasteiger partial charge is 0.330 e. The van der Waals surface area contributed by atoms with Gasteiger partial charge in [0.2, 0.25) is 0 Å². The van der Waals surface area contributed by atoms with E-state index in [2.05, 4.69) is 13.1 Å². The SMILES string of the molecule is C=CC(=O)OCCC[Si]1(C)O[Si](C)(C)O[Si](C)(C)O[Si](C)(C)O1. The summed E-state index contributed by atoms with van der Waals surface area (Å²) in [6.45, 7) is 18.0. The van der Waals surface area contributed by atoms with Gasteiger partial charge in [-0.1, -0.05) is 6.58 Å². The minimum absolute atomic E-state index is 0.339. The normalized spacial score (nSPS) is 25.0. The van der Waals surface area contributed by atoms with Gasteiger partial charge in [-0.25, -0.2) is 4.79 Å². The summed E-state index contributed by atoms with van der Waals surface area (Å²) in [5, 5.41) is 0. The molecule has 0 saturated carbocycles. The van der Waals surface area contributed by atoms with E-state index in [1.54, 1.807) is 0 Å². The van der Waals surface area contributed by atoms with Crippen LogP contribution in [0.2, 0.25) is 51.9 Å². The highest BCUT2D eigenvalue weighted by molar-refractivity contribution is 6.93. The summed E-state index contributed by atoms with van der Waals surface area (Å²) >= 11 is 0. The lowest BCUT2D eigenvalue weighted by molar-refractivity contribution is -0.137. The van der Waals surface area contributed by atoms with E-state index in [4.69, 9.17) is 21.2 Å². The molecule has 0 aromatic heterocycles. The Hall–Kier alpha value is -0.0825. The number of hydrogen-bond donors (Lipinski definition) is 0. The first-order valence-corrected chi connectivity index (χ1v) is 18.9. The van der Waals surface area contributed by atoms with Gasteiger partial charge in [-0.15, -0.1) is 0 Å². The van der Waals surface area contributed by atoms with Crippen molar-refractivity contribution in [3.05, 3.63) is 12.7 Å². The molecular formula is C13H30O6Si4. The van der Waals surface area contributed by atoms with Gasteiger partial charge in [0.25, 0.3) is 0 Å².